The van der Waals surface area contributed by atoms with Gasteiger partial charge in [0.05, 0.1) is 17.0 Å². The van der Waals surface area contributed by atoms with E-state index in [1.165, 1.54) is 55.7 Å². The maximum absolute atomic E-state index is 12.3. The Morgan fingerprint density at radius 1 is 0.903 bits per heavy atom. The van der Waals surface area contributed by atoms with Crippen LogP contribution >= 0.6 is 0 Å². The smallest absolute Gasteiger partial charge is 0.312 e. The lowest BCUT2D eigenvalue weighted by Gasteiger charge is -2.08. The van der Waals surface area contributed by atoms with Crippen LogP contribution in [0.1, 0.15) is 15.9 Å². The van der Waals surface area contributed by atoms with E-state index in [2.05, 4.69) is 0 Å². The second-order valence-electron chi connectivity index (χ2n) is 6.27. The third kappa shape index (κ3) is 5.30. The van der Waals surface area contributed by atoms with Crippen molar-refractivity contribution in [3.8, 4) is 17.2 Å². The highest BCUT2D eigenvalue weighted by Gasteiger charge is 2.17. The molecule has 0 unspecified atom stereocenters. The first-order valence-corrected chi connectivity index (χ1v) is 8.94. The summed E-state index contributed by atoms with van der Waals surface area (Å²) >= 11 is 0. The predicted molar refractivity (Wildman–Crippen MR) is 113 cm³/mol. The second-order valence-corrected chi connectivity index (χ2v) is 6.27. The van der Waals surface area contributed by atoms with Crippen LogP contribution in [-0.4, -0.2) is 22.7 Å². The quantitative estimate of drug-likeness (QED) is 0.212. The molecule has 156 valence electrons. The average Bonchev–Trinajstić information content (AvgIpc) is 2.78. The minimum atomic E-state index is -0.592. The van der Waals surface area contributed by atoms with Crippen molar-refractivity contribution in [2.75, 3.05) is 7.11 Å². The summed E-state index contributed by atoms with van der Waals surface area (Å²) in [4.78, 5) is 33.4. The Morgan fingerprint density at radius 2 is 1.61 bits per heavy atom. The standard InChI is InChI=1S/C22H16N2O7/c1-30-18-7-9-19(10-8-18)31-22-12-6-15(13-20(22)24(28)29)5-11-21(25)16-3-2-4-17(14-16)23(26)27/h2-14H,1H3. The number of benzene rings is 3. The molecule has 3 rings (SSSR count). The Morgan fingerprint density at radius 3 is 2.26 bits per heavy atom. The Balaban J connectivity index is 1.81. The van der Waals surface area contributed by atoms with Crippen LogP contribution in [0.4, 0.5) is 11.4 Å². The molecule has 31 heavy (non-hydrogen) atoms. The zero-order valence-corrected chi connectivity index (χ0v) is 16.3. The van der Waals surface area contributed by atoms with E-state index in [0.29, 0.717) is 17.1 Å². The first-order chi connectivity index (χ1) is 14.9. The highest BCUT2D eigenvalue weighted by molar-refractivity contribution is 6.07. The summed E-state index contributed by atoms with van der Waals surface area (Å²) in [6.07, 6.45) is 2.59. The van der Waals surface area contributed by atoms with Gasteiger partial charge in [-0.2, -0.15) is 0 Å². The number of ether oxygens (including phenoxy) is 2. The van der Waals surface area contributed by atoms with Crippen LogP contribution in [0.25, 0.3) is 6.08 Å². The van der Waals surface area contributed by atoms with Gasteiger partial charge in [0, 0.05) is 23.8 Å². The number of non-ortho nitro benzene ring substituents is 1. The fraction of sp³-hybridized carbons (Fsp3) is 0.0455. The molecule has 0 bridgehead atoms. The highest BCUT2D eigenvalue weighted by atomic mass is 16.6. The summed E-state index contributed by atoms with van der Waals surface area (Å²) in [6.45, 7) is 0. The highest BCUT2D eigenvalue weighted by Crippen LogP contribution is 2.33. The van der Waals surface area contributed by atoms with Gasteiger partial charge in [0.1, 0.15) is 11.5 Å². The molecule has 0 fully saturated rings. The number of ketones is 1. The number of nitro groups is 2. The Hall–Kier alpha value is -4.53. The fourth-order valence-electron chi connectivity index (χ4n) is 2.68. The van der Waals surface area contributed by atoms with Crippen molar-refractivity contribution in [3.05, 3.63) is 104 Å². The molecular weight excluding hydrogens is 404 g/mol. The third-order valence-electron chi connectivity index (χ3n) is 4.24. The van der Waals surface area contributed by atoms with Gasteiger partial charge in [0.2, 0.25) is 5.75 Å². The largest absolute Gasteiger partial charge is 0.497 e. The molecule has 0 aliphatic heterocycles. The first kappa shape index (κ1) is 21.2. The Labute approximate surface area is 176 Å². The number of carbonyl (C=O) groups excluding carboxylic acids is 1. The lowest BCUT2D eigenvalue weighted by atomic mass is 10.1. The molecule has 3 aromatic rings. The maximum atomic E-state index is 12.3. The topological polar surface area (TPSA) is 122 Å². The van der Waals surface area contributed by atoms with Crippen molar-refractivity contribution in [2.24, 2.45) is 0 Å². The fourth-order valence-corrected chi connectivity index (χ4v) is 2.68. The number of nitrogens with zero attached hydrogens (tertiary/aromatic N) is 2. The van der Waals surface area contributed by atoms with Gasteiger partial charge in [-0.15, -0.1) is 0 Å². The van der Waals surface area contributed by atoms with Gasteiger partial charge in [-0.05, 0) is 42.0 Å². The van der Waals surface area contributed by atoms with Gasteiger partial charge in [-0.1, -0.05) is 24.3 Å². The molecule has 3 aromatic carbocycles. The number of hydrogen-bond acceptors (Lipinski definition) is 7. The molecule has 0 heterocycles. The molecule has 0 aliphatic carbocycles. The molecule has 0 saturated heterocycles. The van der Waals surface area contributed by atoms with E-state index in [0.717, 1.165) is 0 Å². The Kier molecular flexibility index (Phi) is 6.36. The summed E-state index contributed by atoms with van der Waals surface area (Å²) in [5, 5.41) is 22.3. The first-order valence-electron chi connectivity index (χ1n) is 8.94. The van der Waals surface area contributed by atoms with Crippen LogP contribution in [0.3, 0.4) is 0 Å². The maximum Gasteiger partial charge on any atom is 0.312 e. The summed E-state index contributed by atoms with van der Waals surface area (Å²) in [5.41, 5.74) is 0.0580. The van der Waals surface area contributed by atoms with E-state index in [-0.39, 0.29) is 22.7 Å². The third-order valence-corrected chi connectivity index (χ3v) is 4.24. The molecule has 0 saturated carbocycles. The number of methoxy groups -OCH3 is 1. The second kappa shape index (κ2) is 9.31. The Bertz CT molecular complexity index is 1170. The van der Waals surface area contributed by atoms with E-state index >= 15 is 0 Å². The van der Waals surface area contributed by atoms with Crippen molar-refractivity contribution in [1.29, 1.82) is 0 Å². The van der Waals surface area contributed by atoms with Crippen molar-refractivity contribution in [2.45, 2.75) is 0 Å². The van der Waals surface area contributed by atoms with E-state index < -0.39 is 15.6 Å². The molecule has 0 aromatic heterocycles. The lowest BCUT2D eigenvalue weighted by Crippen LogP contribution is -1.97. The van der Waals surface area contributed by atoms with Gasteiger partial charge < -0.3 is 9.47 Å². The van der Waals surface area contributed by atoms with Crippen molar-refractivity contribution >= 4 is 23.2 Å². The summed E-state index contributed by atoms with van der Waals surface area (Å²) in [7, 11) is 1.52. The van der Waals surface area contributed by atoms with Crippen molar-refractivity contribution in [1.82, 2.24) is 0 Å². The van der Waals surface area contributed by atoms with Crippen LogP contribution in [0.15, 0.2) is 72.8 Å². The summed E-state index contributed by atoms with van der Waals surface area (Å²) in [6, 6.07) is 16.1. The molecule has 0 N–H and O–H groups in total. The molecule has 0 spiro atoms. The van der Waals surface area contributed by atoms with E-state index in [9.17, 15) is 25.0 Å². The molecule has 9 heteroatoms. The van der Waals surface area contributed by atoms with Gasteiger partial charge in [-0.3, -0.25) is 25.0 Å². The lowest BCUT2D eigenvalue weighted by molar-refractivity contribution is -0.385. The number of carbonyl (C=O) groups is 1. The zero-order valence-electron chi connectivity index (χ0n) is 16.3. The summed E-state index contributed by atoms with van der Waals surface area (Å²) < 4.78 is 10.7. The number of rotatable bonds is 8. The van der Waals surface area contributed by atoms with Crippen molar-refractivity contribution in [3.63, 3.8) is 0 Å². The van der Waals surface area contributed by atoms with Crippen LogP contribution < -0.4 is 9.47 Å². The minimum absolute atomic E-state index is 0.0392. The van der Waals surface area contributed by atoms with Gasteiger partial charge >= 0.3 is 5.69 Å². The number of hydrogen-bond donors (Lipinski definition) is 0. The normalized spacial score (nSPS) is 10.6. The van der Waals surface area contributed by atoms with E-state index in [1.54, 1.807) is 30.3 Å². The monoisotopic (exact) mass is 420 g/mol. The minimum Gasteiger partial charge on any atom is -0.497 e. The van der Waals surface area contributed by atoms with Crippen LogP contribution in [0, 0.1) is 20.2 Å². The van der Waals surface area contributed by atoms with Gasteiger partial charge in [0.25, 0.3) is 5.69 Å². The van der Waals surface area contributed by atoms with Crippen molar-refractivity contribution < 1.29 is 24.1 Å². The zero-order chi connectivity index (χ0) is 22.4. The number of nitro benzene ring substituents is 2. The van der Waals surface area contributed by atoms with Crippen LogP contribution in [0.2, 0.25) is 0 Å². The molecule has 0 atom stereocenters. The molecule has 0 amide bonds. The molecular formula is C22H16N2O7. The predicted octanol–water partition coefficient (Wildman–Crippen LogP) is 5.20. The van der Waals surface area contributed by atoms with Gasteiger partial charge in [0.15, 0.2) is 5.78 Å². The van der Waals surface area contributed by atoms with E-state index in [1.807, 2.05) is 0 Å². The molecule has 0 radical (unpaired) electrons. The van der Waals surface area contributed by atoms with Crippen LogP contribution in [0.5, 0.6) is 17.2 Å². The average molecular weight is 420 g/mol. The van der Waals surface area contributed by atoms with Crippen LogP contribution in [-0.2, 0) is 0 Å². The molecule has 0 aliphatic rings. The summed E-state index contributed by atoms with van der Waals surface area (Å²) in [5.74, 6) is 0.589. The van der Waals surface area contributed by atoms with Gasteiger partial charge in [-0.25, -0.2) is 0 Å². The number of allylic oxidation sites excluding steroid dienone is 1. The SMILES string of the molecule is COc1ccc(Oc2ccc(C=CC(=O)c3cccc([N+](=O)[O-])c3)cc2[N+](=O)[O-])cc1. The molecule has 9 nitrogen and oxygen atoms in total. The van der Waals surface area contributed by atoms with E-state index in [4.69, 9.17) is 9.47 Å².